The van der Waals surface area contributed by atoms with Crippen LogP contribution in [0.2, 0.25) is 0 Å². The number of rotatable bonds is 15. The highest BCUT2D eigenvalue weighted by Gasteiger charge is 1.96. The summed E-state index contributed by atoms with van der Waals surface area (Å²) in [7, 11) is 0. The molecule has 0 rings (SSSR count). The van der Waals surface area contributed by atoms with Crippen molar-refractivity contribution in [2.75, 3.05) is 13.1 Å². The van der Waals surface area contributed by atoms with Crippen LogP contribution in [0.4, 0.5) is 0 Å². The van der Waals surface area contributed by atoms with E-state index in [0.717, 1.165) is 13.0 Å². The summed E-state index contributed by atoms with van der Waals surface area (Å²) in [5.41, 5.74) is 0. The van der Waals surface area contributed by atoms with Gasteiger partial charge in [0.25, 0.3) is 0 Å². The molecule has 0 aliphatic rings. The third-order valence-corrected chi connectivity index (χ3v) is 3.53. The van der Waals surface area contributed by atoms with Gasteiger partial charge in [-0.2, -0.15) is 0 Å². The van der Waals surface area contributed by atoms with Gasteiger partial charge in [-0.15, -0.1) is 0 Å². The molecule has 0 aromatic heterocycles. The van der Waals surface area contributed by atoms with E-state index in [1.165, 1.54) is 70.6 Å². The van der Waals surface area contributed by atoms with Crippen molar-refractivity contribution in [2.24, 2.45) is 0 Å². The Morgan fingerprint density at radius 2 is 1.11 bits per heavy atom. The summed E-state index contributed by atoms with van der Waals surface area (Å²) >= 11 is 0. The molecule has 3 nitrogen and oxygen atoms in total. The molecule has 3 N–H and O–H groups in total. The lowest BCUT2D eigenvalue weighted by Gasteiger charge is -2.06. The Morgan fingerprint density at radius 3 is 1.53 bits per heavy atom. The zero-order valence-corrected chi connectivity index (χ0v) is 12.9. The molecule has 0 saturated carbocycles. The van der Waals surface area contributed by atoms with Gasteiger partial charge in [-0.05, 0) is 13.0 Å². The van der Waals surface area contributed by atoms with Crippen molar-refractivity contribution in [3.8, 4) is 0 Å². The molecule has 0 bridgehead atoms. The molecule has 0 unspecified atom stereocenters. The first-order valence-corrected chi connectivity index (χ1v) is 8.34. The number of aliphatic hydroxyl groups is 2. The van der Waals surface area contributed by atoms with Gasteiger partial charge in [0, 0.05) is 6.54 Å². The van der Waals surface area contributed by atoms with Gasteiger partial charge in [-0.25, -0.2) is 0 Å². The van der Waals surface area contributed by atoms with Crippen molar-refractivity contribution in [1.82, 2.24) is 5.32 Å². The van der Waals surface area contributed by atoms with E-state index in [9.17, 15) is 0 Å². The molecule has 0 atom stereocenters. The fourth-order valence-electron chi connectivity index (χ4n) is 2.32. The highest BCUT2D eigenvalue weighted by Crippen LogP contribution is 2.11. The predicted octanol–water partition coefficient (Wildman–Crippen LogP) is 3.59. The lowest BCUT2D eigenvalue weighted by atomic mass is 10.1. The van der Waals surface area contributed by atoms with E-state index < -0.39 is 6.29 Å². The van der Waals surface area contributed by atoms with Crippen LogP contribution in [-0.4, -0.2) is 29.6 Å². The number of hydrogen-bond acceptors (Lipinski definition) is 3. The topological polar surface area (TPSA) is 52.5 Å². The van der Waals surface area contributed by atoms with Gasteiger partial charge in [0.1, 0.15) is 0 Å². The standard InChI is InChI=1S/C16H35NO2/c1-2-3-4-5-6-7-8-9-10-11-12-13-14-17-15-16(18)19/h16-19H,2-15H2,1H3. The van der Waals surface area contributed by atoms with E-state index >= 15 is 0 Å². The SMILES string of the molecule is CCCCCCCCCCCCCCNCC(O)O. The fourth-order valence-corrected chi connectivity index (χ4v) is 2.32. The van der Waals surface area contributed by atoms with Gasteiger partial charge in [0.2, 0.25) is 0 Å². The number of hydrogen-bond donors (Lipinski definition) is 3. The first-order valence-electron chi connectivity index (χ1n) is 8.34. The molecule has 0 heterocycles. The zero-order valence-electron chi connectivity index (χ0n) is 12.9. The fraction of sp³-hybridized carbons (Fsp3) is 1.00. The molecule has 0 fully saturated rings. The van der Waals surface area contributed by atoms with Crippen LogP contribution in [0.3, 0.4) is 0 Å². The molecule has 116 valence electrons. The Labute approximate surface area is 119 Å². The van der Waals surface area contributed by atoms with E-state index in [1.54, 1.807) is 0 Å². The van der Waals surface area contributed by atoms with Crippen molar-refractivity contribution >= 4 is 0 Å². The van der Waals surface area contributed by atoms with Crippen LogP contribution in [0.15, 0.2) is 0 Å². The van der Waals surface area contributed by atoms with Crippen molar-refractivity contribution in [2.45, 2.75) is 90.3 Å². The quantitative estimate of drug-likeness (QED) is 0.316. The Morgan fingerprint density at radius 1 is 0.684 bits per heavy atom. The monoisotopic (exact) mass is 273 g/mol. The van der Waals surface area contributed by atoms with Crippen molar-refractivity contribution in [1.29, 1.82) is 0 Å². The Kier molecular flexibility index (Phi) is 15.8. The van der Waals surface area contributed by atoms with Crippen LogP contribution in [0, 0.1) is 0 Å². The minimum absolute atomic E-state index is 0.290. The molecule has 0 spiro atoms. The van der Waals surface area contributed by atoms with Crippen molar-refractivity contribution in [3.05, 3.63) is 0 Å². The molecule has 0 amide bonds. The molecule has 0 radical (unpaired) electrons. The second kappa shape index (κ2) is 15.9. The molecular weight excluding hydrogens is 238 g/mol. The summed E-state index contributed by atoms with van der Waals surface area (Å²) < 4.78 is 0. The molecule has 0 aromatic rings. The highest BCUT2D eigenvalue weighted by molar-refractivity contribution is 4.51. The Hall–Kier alpha value is -0.120. The van der Waals surface area contributed by atoms with Gasteiger partial charge in [-0.1, -0.05) is 77.6 Å². The largest absolute Gasteiger partial charge is 0.367 e. The van der Waals surface area contributed by atoms with Crippen molar-refractivity contribution in [3.63, 3.8) is 0 Å². The van der Waals surface area contributed by atoms with Gasteiger partial charge >= 0.3 is 0 Å². The van der Waals surface area contributed by atoms with Crippen LogP contribution >= 0.6 is 0 Å². The lowest BCUT2D eigenvalue weighted by Crippen LogP contribution is -2.26. The molecule has 19 heavy (non-hydrogen) atoms. The van der Waals surface area contributed by atoms with E-state index in [2.05, 4.69) is 12.2 Å². The van der Waals surface area contributed by atoms with Crippen LogP contribution in [0.5, 0.6) is 0 Å². The van der Waals surface area contributed by atoms with Gasteiger partial charge in [0.05, 0.1) is 0 Å². The van der Waals surface area contributed by atoms with E-state index in [-0.39, 0.29) is 6.54 Å². The Balaban J connectivity index is 2.91. The first kappa shape index (κ1) is 18.9. The average molecular weight is 273 g/mol. The molecular formula is C16H35NO2. The zero-order chi connectivity index (χ0) is 14.2. The summed E-state index contributed by atoms with van der Waals surface area (Å²) in [6.45, 7) is 3.45. The second-order valence-electron chi connectivity index (χ2n) is 5.57. The van der Waals surface area contributed by atoms with E-state index in [1.807, 2.05) is 0 Å². The number of aliphatic hydroxyl groups excluding tert-OH is 1. The van der Waals surface area contributed by atoms with Gasteiger partial charge < -0.3 is 15.5 Å². The van der Waals surface area contributed by atoms with Crippen LogP contribution < -0.4 is 5.32 Å². The normalized spacial score (nSPS) is 11.4. The van der Waals surface area contributed by atoms with Crippen LogP contribution in [0.25, 0.3) is 0 Å². The minimum atomic E-state index is -1.21. The molecule has 0 saturated heterocycles. The molecule has 0 aliphatic carbocycles. The Bertz CT molecular complexity index is 163. The molecule has 3 heteroatoms. The van der Waals surface area contributed by atoms with Gasteiger partial charge in [0.15, 0.2) is 6.29 Å². The number of unbranched alkanes of at least 4 members (excludes halogenated alkanes) is 11. The third kappa shape index (κ3) is 17.9. The smallest absolute Gasteiger partial charge is 0.164 e. The van der Waals surface area contributed by atoms with E-state index in [0.29, 0.717) is 0 Å². The van der Waals surface area contributed by atoms with Crippen LogP contribution in [-0.2, 0) is 0 Å². The lowest BCUT2D eigenvalue weighted by molar-refractivity contribution is -0.0370. The average Bonchev–Trinajstić information content (AvgIpc) is 2.39. The van der Waals surface area contributed by atoms with E-state index in [4.69, 9.17) is 10.2 Å². The minimum Gasteiger partial charge on any atom is -0.367 e. The van der Waals surface area contributed by atoms with Crippen LogP contribution in [0.1, 0.15) is 84.0 Å². The van der Waals surface area contributed by atoms with Crippen molar-refractivity contribution < 1.29 is 10.2 Å². The summed E-state index contributed by atoms with van der Waals surface area (Å²) in [5.74, 6) is 0. The number of nitrogens with one attached hydrogen (secondary N) is 1. The summed E-state index contributed by atoms with van der Waals surface area (Å²) in [6, 6.07) is 0. The first-order chi connectivity index (χ1) is 9.27. The maximum Gasteiger partial charge on any atom is 0.164 e. The molecule has 0 aliphatic heterocycles. The summed E-state index contributed by atoms with van der Waals surface area (Å²) in [4.78, 5) is 0. The highest BCUT2D eigenvalue weighted by atomic mass is 16.5. The summed E-state index contributed by atoms with van der Waals surface area (Å²) in [6.07, 6.45) is 15.1. The third-order valence-electron chi connectivity index (χ3n) is 3.53. The van der Waals surface area contributed by atoms with Gasteiger partial charge in [-0.3, -0.25) is 0 Å². The second-order valence-corrected chi connectivity index (χ2v) is 5.57. The maximum atomic E-state index is 8.64. The molecule has 0 aromatic carbocycles. The predicted molar refractivity (Wildman–Crippen MR) is 82.2 cm³/mol. The maximum absolute atomic E-state index is 8.64. The summed E-state index contributed by atoms with van der Waals surface area (Å²) in [5, 5.41) is 20.3.